The van der Waals surface area contributed by atoms with Crippen LogP contribution in [-0.2, 0) is 4.79 Å². The number of carbonyl (C=O) groups excluding carboxylic acids is 1. The highest BCUT2D eigenvalue weighted by Gasteiger charge is 2.19. The average molecular weight is 305 g/mol. The van der Waals surface area contributed by atoms with Crippen molar-refractivity contribution in [2.45, 2.75) is 19.3 Å². The summed E-state index contributed by atoms with van der Waals surface area (Å²) in [5.74, 6) is 1.78. The number of carbonyl (C=O) groups is 1. The average Bonchev–Trinajstić information content (AvgIpc) is 3.12. The molecule has 112 valence electrons. The zero-order valence-corrected chi connectivity index (χ0v) is 12.9. The quantitative estimate of drug-likeness (QED) is 0.800. The first-order valence-electron chi connectivity index (χ1n) is 7.22. The predicted molar refractivity (Wildman–Crippen MR) is 85.9 cm³/mol. The molecule has 0 bridgehead atoms. The lowest BCUT2D eigenvalue weighted by atomic mass is 10.3. The molecule has 1 aliphatic rings. The van der Waals surface area contributed by atoms with E-state index in [0.717, 1.165) is 48.5 Å². The van der Waals surface area contributed by atoms with Crippen molar-refractivity contribution in [3.05, 3.63) is 11.4 Å². The zero-order valence-electron chi connectivity index (χ0n) is 12.1. The molecule has 0 unspecified atom stereocenters. The fourth-order valence-electron chi connectivity index (χ4n) is 2.51. The smallest absolute Gasteiger partial charge is 0.225 e. The van der Waals surface area contributed by atoms with Gasteiger partial charge >= 0.3 is 0 Å². The minimum atomic E-state index is 0.287. The van der Waals surface area contributed by atoms with Crippen molar-refractivity contribution in [1.29, 1.82) is 0 Å². The van der Waals surface area contributed by atoms with Crippen molar-refractivity contribution in [3.63, 3.8) is 0 Å². The summed E-state index contributed by atoms with van der Waals surface area (Å²) < 4.78 is 1.08. The van der Waals surface area contributed by atoms with E-state index in [9.17, 15) is 4.79 Å². The lowest BCUT2D eigenvalue weighted by Gasteiger charge is -2.15. The highest BCUT2D eigenvalue weighted by Crippen LogP contribution is 2.27. The number of anilines is 2. The van der Waals surface area contributed by atoms with Crippen LogP contribution < -0.4 is 10.6 Å². The molecule has 3 heterocycles. The van der Waals surface area contributed by atoms with Gasteiger partial charge in [0.2, 0.25) is 11.9 Å². The topological polar surface area (TPSA) is 70.2 Å². The third-order valence-electron chi connectivity index (χ3n) is 3.60. The van der Waals surface area contributed by atoms with Crippen LogP contribution in [0.1, 0.15) is 19.3 Å². The normalized spacial score (nSPS) is 14.9. The molecule has 2 aromatic heterocycles. The maximum absolute atomic E-state index is 11.5. The molecular weight excluding hydrogens is 286 g/mol. The summed E-state index contributed by atoms with van der Waals surface area (Å²) in [6.07, 6.45) is 2.64. The van der Waals surface area contributed by atoms with Crippen LogP contribution in [-0.4, -0.2) is 47.5 Å². The molecule has 21 heavy (non-hydrogen) atoms. The summed E-state index contributed by atoms with van der Waals surface area (Å²) in [7, 11) is 1.82. The maximum Gasteiger partial charge on any atom is 0.225 e. The number of hydrogen-bond acceptors (Lipinski definition) is 6. The van der Waals surface area contributed by atoms with Gasteiger partial charge in [-0.15, -0.1) is 11.3 Å². The molecule has 0 aromatic carbocycles. The Labute approximate surface area is 127 Å². The van der Waals surface area contributed by atoms with Crippen molar-refractivity contribution in [3.8, 4) is 0 Å². The molecule has 0 spiro atoms. The zero-order chi connectivity index (χ0) is 14.7. The lowest BCUT2D eigenvalue weighted by Crippen LogP contribution is -2.27. The molecule has 3 rings (SSSR count). The van der Waals surface area contributed by atoms with Gasteiger partial charge < -0.3 is 15.5 Å². The first-order valence-corrected chi connectivity index (χ1v) is 8.10. The largest absolute Gasteiger partial charge is 0.369 e. The van der Waals surface area contributed by atoms with Gasteiger partial charge in [0.1, 0.15) is 5.82 Å². The van der Waals surface area contributed by atoms with Crippen LogP contribution in [0.2, 0.25) is 0 Å². The molecule has 0 aliphatic carbocycles. The van der Waals surface area contributed by atoms with Crippen LogP contribution in [0.5, 0.6) is 0 Å². The Bertz CT molecular complexity index is 641. The molecule has 0 saturated carbocycles. The Morgan fingerprint density at radius 1 is 1.43 bits per heavy atom. The lowest BCUT2D eigenvalue weighted by molar-refractivity contribution is -0.127. The van der Waals surface area contributed by atoms with Crippen LogP contribution in [0.3, 0.4) is 0 Å². The molecule has 1 amide bonds. The Balaban J connectivity index is 1.59. The van der Waals surface area contributed by atoms with Crippen LogP contribution in [0.25, 0.3) is 10.2 Å². The monoisotopic (exact) mass is 305 g/mol. The fraction of sp³-hybridized carbons (Fsp3) is 0.500. The van der Waals surface area contributed by atoms with Crippen LogP contribution in [0.15, 0.2) is 11.4 Å². The van der Waals surface area contributed by atoms with Gasteiger partial charge in [-0.25, -0.2) is 4.98 Å². The van der Waals surface area contributed by atoms with E-state index in [1.165, 1.54) is 0 Å². The number of thiophene rings is 1. The summed E-state index contributed by atoms with van der Waals surface area (Å²) in [4.78, 5) is 22.4. The summed E-state index contributed by atoms with van der Waals surface area (Å²) in [6.45, 7) is 2.53. The van der Waals surface area contributed by atoms with E-state index < -0.39 is 0 Å². The Hall–Kier alpha value is -1.89. The van der Waals surface area contributed by atoms with Crippen LogP contribution >= 0.6 is 11.3 Å². The Morgan fingerprint density at radius 2 is 2.33 bits per heavy atom. The summed E-state index contributed by atoms with van der Waals surface area (Å²) >= 11 is 1.64. The highest BCUT2D eigenvalue weighted by molar-refractivity contribution is 7.17. The maximum atomic E-state index is 11.5. The first-order chi connectivity index (χ1) is 10.3. The van der Waals surface area contributed by atoms with Crippen molar-refractivity contribution in [1.82, 2.24) is 14.9 Å². The van der Waals surface area contributed by atoms with Gasteiger partial charge in [0.25, 0.3) is 0 Å². The van der Waals surface area contributed by atoms with Crippen molar-refractivity contribution < 1.29 is 4.79 Å². The van der Waals surface area contributed by atoms with E-state index in [4.69, 9.17) is 0 Å². The van der Waals surface area contributed by atoms with E-state index in [1.54, 1.807) is 11.3 Å². The van der Waals surface area contributed by atoms with Crippen molar-refractivity contribution in [2.24, 2.45) is 0 Å². The number of nitrogens with one attached hydrogen (secondary N) is 2. The minimum absolute atomic E-state index is 0.287. The van der Waals surface area contributed by atoms with Gasteiger partial charge in [-0.2, -0.15) is 4.98 Å². The van der Waals surface area contributed by atoms with Crippen molar-refractivity contribution in [2.75, 3.05) is 37.3 Å². The number of amides is 1. The third kappa shape index (κ3) is 3.07. The number of aromatic nitrogens is 2. The molecule has 2 aromatic rings. The van der Waals surface area contributed by atoms with Gasteiger partial charge in [0.05, 0.1) is 10.2 Å². The van der Waals surface area contributed by atoms with E-state index in [-0.39, 0.29) is 5.91 Å². The molecule has 0 radical (unpaired) electrons. The highest BCUT2D eigenvalue weighted by atomic mass is 32.1. The van der Waals surface area contributed by atoms with E-state index in [0.29, 0.717) is 12.4 Å². The molecule has 0 atom stereocenters. The molecule has 1 aliphatic heterocycles. The van der Waals surface area contributed by atoms with Gasteiger partial charge in [-0.1, -0.05) is 0 Å². The summed E-state index contributed by atoms with van der Waals surface area (Å²) in [6, 6.07) is 2.00. The molecule has 6 nitrogen and oxygen atoms in total. The number of hydrogen-bond donors (Lipinski definition) is 2. The molecule has 1 fully saturated rings. The second kappa shape index (κ2) is 6.26. The van der Waals surface area contributed by atoms with Crippen molar-refractivity contribution >= 4 is 39.2 Å². The second-order valence-corrected chi connectivity index (χ2v) is 5.96. The van der Waals surface area contributed by atoms with E-state index in [1.807, 2.05) is 23.4 Å². The number of rotatable bonds is 6. The number of nitrogens with zero attached hydrogens (tertiary/aromatic N) is 3. The second-order valence-electron chi connectivity index (χ2n) is 5.05. The Kier molecular flexibility index (Phi) is 4.19. The fourth-order valence-corrected chi connectivity index (χ4v) is 3.31. The van der Waals surface area contributed by atoms with Gasteiger partial charge in [-0.05, 0) is 24.3 Å². The van der Waals surface area contributed by atoms with E-state index >= 15 is 0 Å². The van der Waals surface area contributed by atoms with E-state index in [2.05, 4.69) is 20.6 Å². The minimum Gasteiger partial charge on any atom is -0.369 e. The molecule has 1 saturated heterocycles. The van der Waals surface area contributed by atoms with Gasteiger partial charge in [0, 0.05) is 33.1 Å². The van der Waals surface area contributed by atoms with Gasteiger partial charge in [-0.3, -0.25) is 4.79 Å². The standard InChI is InChI=1S/C14H19N5OS/c1-15-14-17-10-5-9-21-12(10)13(18-14)16-6-3-8-19-7-2-4-11(19)20/h5,9H,2-4,6-8H2,1H3,(H2,15,16,17,18). The van der Waals surface area contributed by atoms with Gasteiger partial charge in [0.15, 0.2) is 0 Å². The summed E-state index contributed by atoms with van der Waals surface area (Å²) in [5.41, 5.74) is 0.955. The first kappa shape index (κ1) is 14.1. The molecule has 7 heteroatoms. The van der Waals surface area contributed by atoms with Crippen LogP contribution in [0, 0.1) is 0 Å². The molecule has 2 N–H and O–H groups in total. The molecular formula is C14H19N5OS. The SMILES string of the molecule is CNc1nc(NCCCN2CCCC2=O)c2sccc2n1. The predicted octanol–water partition coefficient (Wildman–Crippen LogP) is 2.16. The summed E-state index contributed by atoms with van der Waals surface area (Å²) in [5, 5.41) is 8.37. The van der Waals surface area contributed by atoms with Crippen LogP contribution in [0.4, 0.5) is 11.8 Å². The number of likely N-dealkylation sites (tertiary alicyclic amines) is 1. The number of fused-ring (bicyclic) bond motifs is 1. The Morgan fingerprint density at radius 3 is 3.10 bits per heavy atom. The third-order valence-corrected chi connectivity index (χ3v) is 4.51.